The van der Waals surface area contributed by atoms with Gasteiger partial charge in [0.15, 0.2) is 11.5 Å². The second-order valence-electron chi connectivity index (χ2n) is 7.29. The van der Waals surface area contributed by atoms with Crippen molar-refractivity contribution in [2.24, 2.45) is 0 Å². The standard InChI is InChI=1S/C25H22N2O7/c1-31-20-10-6-9-17(22(20)33-15-16-7-4-3-5-8-16)13-19-23(28)27(25(30)26-19)14-18-11-12-21(34-18)24(29)32-2/h3-13H,14-15H2,1-2H3,(H,26,30)/b19-13-. The third kappa shape index (κ3) is 4.78. The molecule has 2 aromatic carbocycles. The first-order valence-corrected chi connectivity index (χ1v) is 10.4. The van der Waals surface area contributed by atoms with Crippen LogP contribution in [-0.4, -0.2) is 37.0 Å². The van der Waals surface area contributed by atoms with Gasteiger partial charge in [0.25, 0.3) is 5.91 Å². The quantitative estimate of drug-likeness (QED) is 0.309. The number of para-hydroxylation sites is 1. The average molecular weight is 462 g/mol. The highest BCUT2D eigenvalue weighted by Crippen LogP contribution is 2.34. The van der Waals surface area contributed by atoms with Crippen LogP contribution in [0.3, 0.4) is 0 Å². The van der Waals surface area contributed by atoms with Crippen LogP contribution in [0.1, 0.15) is 27.4 Å². The van der Waals surface area contributed by atoms with Crippen molar-refractivity contribution in [3.8, 4) is 11.5 Å². The minimum atomic E-state index is -0.648. The molecule has 0 saturated carbocycles. The van der Waals surface area contributed by atoms with Crippen LogP contribution in [0.5, 0.6) is 11.5 Å². The fourth-order valence-electron chi connectivity index (χ4n) is 3.39. The largest absolute Gasteiger partial charge is 0.493 e. The molecule has 0 atom stereocenters. The van der Waals surface area contributed by atoms with E-state index >= 15 is 0 Å². The molecule has 4 rings (SSSR count). The third-order valence-corrected chi connectivity index (χ3v) is 5.08. The number of imide groups is 1. The summed E-state index contributed by atoms with van der Waals surface area (Å²) in [6, 6.07) is 17.2. The molecule has 9 nitrogen and oxygen atoms in total. The summed E-state index contributed by atoms with van der Waals surface area (Å²) in [4.78, 5) is 38.0. The molecule has 1 aromatic heterocycles. The van der Waals surface area contributed by atoms with Crippen molar-refractivity contribution in [2.45, 2.75) is 13.2 Å². The van der Waals surface area contributed by atoms with Crippen LogP contribution in [0.15, 0.2) is 70.8 Å². The van der Waals surface area contributed by atoms with E-state index in [1.54, 1.807) is 18.2 Å². The number of amides is 3. The fourth-order valence-corrected chi connectivity index (χ4v) is 3.39. The highest BCUT2D eigenvalue weighted by Gasteiger charge is 2.34. The first-order valence-electron chi connectivity index (χ1n) is 10.4. The van der Waals surface area contributed by atoms with Gasteiger partial charge in [0, 0.05) is 5.56 Å². The molecule has 1 aliphatic heterocycles. The predicted octanol–water partition coefficient (Wildman–Crippen LogP) is 3.75. The molecule has 3 aromatic rings. The zero-order valence-electron chi connectivity index (χ0n) is 18.6. The Labute approximate surface area is 195 Å². The SMILES string of the molecule is COC(=O)c1ccc(CN2C(=O)N/C(=C\c3cccc(OC)c3OCc3ccccc3)C2=O)o1. The van der Waals surface area contributed by atoms with Gasteiger partial charge in [0.05, 0.1) is 20.8 Å². The Kier molecular flexibility index (Phi) is 6.63. The molecular formula is C25H22N2O7. The van der Waals surface area contributed by atoms with Gasteiger partial charge in [0.1, 0.15) is 18.1 Å². The van der Waals surface area contributed by atoms with Crippen molar-refractivity contribution in [1.82, 2.24) is 10.2 Å². The van der Waals surface area contributed by atoms with Gasteiger partial charge >= 0.3 is 12.0 Å². The maximum absolute atomic E-state index is 12.9. The Morgan fingerprint density at radius 3 is 2.56 bits per heavy atom. The number of urea groups is 1. The number of nitrogens with one attached hydrogen (secondary N) is 1. The Bertz CT molecular complexity index is 1250. The summed E-state index contributed by atoms with van der Waals surface area (Å²) in [5.41, 5.74) is 1.60. The minimum absolute atomic E-state index is 0.0168. The molecular weight excluding hydrogens is 440 g/mol. The number of nitrogens with zero attached hydrogens (tertiary/aromatic N) is 1. The van der Waals surface area contributed by atoms with Crippen LogP contribution in [0.2, 0.25) is 0 Å². The number of ether oxygens (including phenoxy) is 3. The highest BCUT2D eigenvalue weighted by molar-refractivity contribution is 6.14. The number of benzene rings is 2. The number of methoxy groups -OCH3 is 2. The molecule has 3 amide bonds. The van der Waals surface area contributed by atoms with E-state index in [0.717, 1.165) is 10.5 Å². The summed E-state index contributed by atoms with van der Waals surface area (Å²) in [5.74, 6) is -0.0151. The van der Waals surface area contributed by atoms with Crippen LogP contribution in [0, 0.1) is 0 Å². The molecule has 34 heavy (non-hydrogen) atoms. The Morgan fingerprint density at radius 1 is 1.03 bits per heavy atom. The lowest BCUT2D eigenvalue weighted by molar-refractivity contribution is -0.123. The van der Waals surface area contributed by atoms with Gasteiger partial charge in [-0.1, -0.05) is 42.5 Å². The van der Waals surface area contributed by atoms with Crippen LogP contribution < -0.4 is 14.8 Å². The third-order valence-electron chi connectivity index (χ3n) is 5.08. The molecule has 1 N–H and O–H groups in total. The number of furan rings is 1. The monoisotopic (exact) mass is 462 g/mol. The van der Waals surface area contributed by atoms with E-state index in [4.69, 9.17) is 13.9 Å². The summed E-state index contributed by atoms with van der Waals surface area (Å²) >= 11 is 0. The normalized spacial score (nSPS) is 14.3. The van der Waals surface area contributed by atoms with Crippen molar-refractivity contribution in [1.29, 1.82) is 0 Å². The molecule has 2 heterocycles. The van der Waals surface area contributed by atoms with Crippen LogP contribution >= 0.6 is 0 Å². The number of rotatable bonds is 8. The lowest BCUT2D eigenvalue weighted by atomic mass is 10.1. The molecule has 0 spiro atoms. The summed E-state index contributed by atoms with van der Waals surface area (Å²) in [5, 5.41) is 2.57. The molecule has 9 heteroatoms. The zero-order chi connectivity index (χ0) is 24.1. The van der Waals surface area contributed by atoms with E-state index < -0.39 is 17.9 Å². The molecule has 0 bridgehead atoms. The molecule has 1 fully saturated rings. The van der Waals surface area contributed by atoms with Crippen LogP contribution in [0.4, 0.5) is 4.79 Å². The molecule has 0 radical (unpaired) electrons. The molecule has 0 aliphatic carbocycles. The van der Waals surface area contributed by atoms with Gasteiger partial charge in [-0.3, -0.25) is 9.69 Å². The summed E-state index contributed by atoms with van der Waals surface area (Å²) in [6.07, 6.45) is 1.53. The minimum Gasteiger partial charge on any atom is -0.493 e. The van der Waals surface area contributed by atoms with E-state index in [1.807, 2.05) is 30.3 Å². The summed E-state index contributed by atoms with van der Waals surface area (Å²) in [6.45, 7) is 0.152. The lowest BCUT2D eigenvalue weighted by Gasteiger charge is -2.14. The maximum Gasteiger partial charge on any atom is 0.373 e. The van der Waals surface area contributed by atoms with E-state index in [2.05, 4.69) is 10.1 Å². The number of hydrogen-bond donors (Lipinski definition) is 1. The fraction of sp³-hybridized carbons (Fsp3) is 0.160. The zero-order valence-corrected chi connectivity index (χ0v) is 18.6. The van der Waals surface area contributed by atoms with E-state index in [-0.39, 0.29) is 23.8 Å². The van der Waals surface area contributed by atoms with Gasteiger partial charge in [-0.2, -0.15) is 0 Å². The Morgan fingerprint density at radius 2 is 1.82 bits per heavy atom. The molecule has 1 saturated heterocycles. The van der Waals surface area contributed by atoms with E-state index in [0.29, 0.717) is 23.7 Å². The lowest BCUT2D eigenvalue weighted by Crippen LogP contribution is -2.30. The second kappa shape index (κ2) is 9.95. The predicted molar refractivity (Wildman–Crippen MR) is 121 cm³/mol. The van der Waals surface area contributed by atoms with Crippen molar-refractivity contribution >= 4 is 24.0 Å². The first kappa shape index (κ1) is 22.7. The average Bonchev–Trinajstić information content (AvgIpc) is 3.43. The summed E-state index contributed by atoms with van der Waals surface area (Å²) in [7, 11) is 2.76. The smallest absolute Gasteiger partial charge is 0.373 e. The number of hydrogen-bond acceptors (Lipinski definition) is 7. The van der Waals surface area contributed by atoms with Crippen molar-refractivity contribution in [2.75, 3.05) is 14.2 Å². The van der Waals surface area contributed by atoms with E-state index in [1.165, 1.54) is 32.4 Å². The van der Waals surface area contributed by atoms with Gasteiger partial charge in [0.2, 0.25) is 5.76 Å². The van der Waals surface area contributed by atoms with Crippen LogP contribution in [0.25, 0.3) is 6.08 Å². The highest BCUT2D eigenvalue weighted by atomic mass is 16.5. The summed E-state index contributed by atoms with van der Waals surface area (Å²) < 4.78 is 21.4. The Balaban J connectivity index is 1.55. The van der Waals surface area contributed by atoms with Gasteiger partial charge in [-0.05, 0) is 29.8 Å². The number of esters is 1. The first-order chi connectivity index (χ1) is 16.5. The van der Waals surface area contributed by atoms with Crippen molar-refractivity contribution in [3.05, 3.63) is 89.0 Å². The van der Waals surface area contributed by atoms with Crippen molar-refractivity contribution in [3.63, 3.8) is 0 Å². The van der Waals surface area contributed by atoms with Gasteiger partial charge in [-0.15, -0.1) is 0 Å². The molecule has 0 unspecified atom stereocenters. The molecule has 174 valence electrons. The Hall–Kier alpha value is -4.53. The maximum atomic E-state index is 12.9. The number of carbonyl (C=O) groups is 3. The van der Waals surface area contributed by atoms with Crippen LogP contribution in [-0.2, 0) is 22.7 Å². The molecule has 1 aliphatic rings. The van der Waals surface area contributed by atoms with E-state index in [9.17, 15) is 14.4 Å². The number of carbonyl (C=O) groups excluding carboxylic acids is 3. The van der Waals surface area contributed by atoms with Crippen molar-refractivity contribution < 1.29 is 33.0 Å². The topological polar surface area (TPSA) is 107 Å². The van der Waals surface area contributed by atoms with Gasteiger partial charge in [-0.25, -0.2) is 9.59 Å². The van der Waals surface area contributed by atoms with Gasteiger partial charge < -0.3 is 23.9 Å². The second-order valence-corrected chi connectivity index (χ2v) is 7.29.